The minimum atomic E-state index is 0. The molecule has 0 N–H and O–H groups in total. The van der Waals surface area contributed by atoms with Crippen LogP contribution < -0.4 is 0 Å². The summed E-state index contributed by atoms with van der Waals surface area (Å²) >= 11 is 0. The summed E-state index contributed by atoms with van der Waals surface area (Å²) in [5, 5.41) is 0. The molecule has 0 aliphatic carbocycles. The zero-order chi connectivity index (χ0) is 4.24. The van der Waals surface area contributed by atoms with Gasteiger partial charge in [0.15, 0.2) is 0 Å². The zero-order valence-electron chi connectivity index (χ0n) is 4.15. The fourth-order valence-electron chi connectivity index (χ4n) is 0.313. The number of rotatable bonds is 0. The van der Waals surface area contributed by atoms with E-state index in [0.717, 1.165) is 0 Å². The molecule has 1 rings (SSSR count). The second-order valence-corrected chi connectivity index (χ2v) is 1.02. The fourth-order valence-corrected chi connectivity index (χ4v) is 0.313. The Bertz CT molecular complexity index is 82.4. The van der Waals surface area contributed by atoms with E-state index in [-0.39, 0.29) is 34.7 Å². The first kappa shape index (κ1) is 11.1. The van der Waals surface area contributed by atoms with E-state index in [1.165, 1.54) is 0 Å². The summed E-state index contributed by atoms with van der Waals surface area (Å²) in [5.74, 6) is 0. The summed E-state index contributed by atoms with van der Waals surface area (Å²) in [7, 11) is 0. The summed E-state index contributed by atoms with van der Waals surface area (Å²) in [4.78, 5) is 3.78. The fraction of sp³-hybridized carbons (Fsp3) is 0. The second-order valence-electron chi connectivity index (χ2n) is 1.02. The Balaban J connectivity index is 0. The summed E-state index contributed by atoms with van der Waals surface area (Å²) in [6.45, 7) is 0. The largest absolute Gasteiger partial charge is 3.00 e. The maximum absolute atomic E-state index is 3.78. The van der Waals surface area contributed by atoms with Gasteiger partial charge in [0.2, 0.25) is 0 Å². The minimum Gasteiger partial charge on any atom is -0.265 e. The van der Waals surface area contributed by atoms with Crippen LogP contribution >= 0.6 is 0 Å². The van der Waals surface area contributed by atoms with E-state index in [2.05, 4.69) is 4.98 Å². The van der Waals surface area contributed by atoms with Gasteiger partial charge in [-0.1, -0.05) is 6.07 Å². The van der Waals surface area contributed by atoms with E-state index >= 15 is 0 Å². The predicted molar refractivity (Wildman–Crippen MR) is 24.2 cm³/mol. The molecule has 2 radical (unpaired) electrons. The molecule has 36 valence electrons. The van der Waals surface area contributed by atoms with Gasteiger partial charge in [-0.25, -0.2) is 0 Å². The molecule has 0 amide bonds. The van der Waals surface area contributed by atoms with Crippen molar-refractivity contribution in [2.75, 3.05) is 0 Å². The smallest absolute Gasteiger partial charge is 0.265 e. The van der Waals surface area contributed by atoms with E-state index in [1.54, 1.807) is 12.4 Å². The molecule has 0 saturated heterocycles. The van der Waals surface area contributed by atoms with E-state index in [4.69, 9.17) is 0 Å². The zero-order valence-corrected chi connectivity index (χ0v) is 6.70. The molecule has 0 fully saturated rings. The van der Waals surface area contributed by atoms with Crippen molar-refractivity contribution in [2.24, 2.45) is 0 Å². The first-order valence-electron chi connectivity index (χ1n) is 1.85. The third-order valence-electron chi connectivity index (χ3n) is 0.566. The molecule has 1 nitrogen and oxygen atoms in total. The Hall–Kier alpha value is 0.215. The van der Waals surface area contributed by atoms with Crippen LogP contribution in [0.4, 0.5) is 0 Å². The van der Waals surface area contributed by atoms with Crippen LogP contribution in [-0.2, 0) is 34.7 Å². The molecule has 1 heterocycles. The Morgan fingerprint density at radius 2 is 1.25 bits per heavy atom. The van der Waals surface area contributed by atoms with E-state index in [1.807, 2.05) is 18.2 Å². The Morgan fingerprint density at radius 1 is 0.750 bits per heavy atom. The second kappa shape index (κ2) is 7.21. The van der Waals surface area contributed by atoms with Crippen molar-refractivity contribution < 1.29 is 34.7 Å². The van der Waals surface area contributed by atoms with Crippen LogP contribution in [-0.4, -0.2) is 4.98 Å². The van der Waals surface area contributed by atoms with Crippen molar-refractivity contribution >= 4 is 0 Å². The van der Waals surface area contributed by atoms with Gasteiger partial charge in [0, 0.05) is 12.4 Å². The van der Waals surface area contributed by atoms with Crippen molar-refractivity contribution in [3.05, 3.63) is 30.6 Å². The molecular formula is C5H5Cr2N+6. The quantitative estimate of drug-likeness (QED) is 0.586. The van der Waals surface area contributed by atoms with Gasteiger partial charge in [0.25, 0.3) is 0 Å². The summed E-state index contributed by atoms with van der Waals surface area (Å²) in [6, 6.07) is 5.72. The van der Waals surface area contributed by atoms with E-state index in [9.17, 15) is 0 Å². The van der Waals surface area contributed by atoms with Gasteiger partial charge in [0.1, 0.15) is 0 Å². The van der Waals surface area contributed by atoms with Crippen LogP contribution in [0.5, 0.6) is 0 Å². The minimum absolute atomic E-state index is 0. The van der Waals surface area contributed by atoms with Gasteiger partial charge in [0.05, 0.1) is 0 Å². The van der Waals surface area contributed by atoms with Crippen molar-refractivity contribution in [2.45, 2.75) is 0 Å². The number of hydrogen-bond donors (Lipinski definition) is 0. The SMILES string of the molecule is [Cr+3].[Cr+3].c1ccncc1. The normalized spacial score (nSPS) is 6.00. The van der Waals surface area contributed by atoms with Gasteiger partial charge in [-0.2, -0.15) is 0 Å². The predicted octanol–water partition coefficient (Wildman–Crippen LogP) is 1.08. The summed E-state index contributed by atoms with van der Waals surface area (Å²) in [5.41, 5.74) is 0. The average Bonchev–Trinajstić information content (AvgIpc) is 1.72. The number of hydrogen-bond acceptors (Lipinski definition) is 1. The first-order valence-corrected chi connectivity index (χ1v) is 1.85. The standard InChI is InChI=1S/C5H5N.2Cr/c1-2-4-6-5-3-1;;/h1-5H;;/q;2*+3. The third kappa shape index (κ3) is 4.38. The molecule has 0 aliphatic rings. The molecule has 0 aromatic carbocycles. The van der Waals surface area contributed by atoms with Gasteiger partial charge >= 0.3 is 34.7 Å². The van der Waals surface area contributed by atoms with Gasteiger partial charge in [-0.15, -0.1) is 0 Å². The van der Waals surface area contributed by atoms with E-state index in [0.29, 0.717) is 0 Å². The Labute approximate surface area is 70.4 Å². The topological polar surface area (TPSA) is 12.9 Å². The third-order valence-corrected chi connectivity index (χ3v) is 0.566. The van der Waals surface area contributed by atoms with Crippen molar-refractivity contribution in [1.29, 1.82) is 0 Å². The Kier molecular flexibility index (Phi) is 9.98. The average molecular weight is 183 g/mol. The molecule has 0 saturated carbocycles. The van der Waals surface area contributed by atoms with Crippen LogP contribution in [0.3, 0.4) is 0 Å². The van der Waals surface area contributed by atoms with Crippen molar-refractivity contribution in [3.63, 3.8) is 0 Å². The molecule has 1 aromatic rings. The van der Waals surface area contributed by atoms with Crippen molar-refractivity contribution in [3.8, 4) is 0 Å². The molecule has 0 bridgehead atoms. The number of aromatic nitrogens is 1. The first-order chi connectivity index (χ1) is 3.00. The van der Waals surface area contributed by atoms with Crippen LogP contribution in [0.15, 0.2) is 30.6 Å². The molecule has 0 spiro atoms. The van der Waals surface area contributed by atoms with Crippen molar-refractivity contribution in [1.82, 2.24) is 4.98 Å². The molecule has 0 aliphatic heterocycles. The van der Waals surface area contributed by atoms with E-state index < -0.39 is 0 Å². The number of pyridine rings is 1. The summed E-state index contributed by atoms with van der Waals surface area (Å²) in [6.07, 6.45) is 3.50. The maximum Gasteiger partial charge on any atom is 3.00 e. The molecule has 8 heavy (non-hydrogen) atoms. The Morgan fingerprint density at radius 3 is 1.38 bits per heavy atom. The van der Waals surface area contributed by atoms with Crippen LogP contribution in [0.1, 0.15) is 0 Å². The summed E-state index contributed by atoms with van der Waals surface area (Å²) < 4.78 is 0. The van der Waals surface area contributed by atoms with Gasteiger partial charge in [-0.3, -0.25) is 4.98 Å². The molecule has 0 unspecified atom stereocenters. The number of nitrogens with zero attached hydrogens (tertiary/aromatic N) is 1. The van der Waals surface area contributed by atoms with Gasteiger partial charge < -0.3 is 0 Å². The molecule has 1 aromatic heterocycles. The molecule has 0 atom stereocenters. The van der Waals surface area contributed by atoms with Gasteiger partial charge in [-0.05, 0) is 12.1 Å². The molecule has 3 heteroatoms. The molecular weight excluding hydrogens is 178 g/mol. The maximum atomic E-state index is 3.78. The monoisotopic (exact) mass is 183 g/mol. The van der Waals surface area contributed by atoms with Crippen LogP contribution in [0, 0.1) is 0 Å². The van der Waals surface area contributed by atoms with Crippen LogP contribution in [0.25, 0.3) is 0 Å². The van der Waals surface area contributed by atoms with Crippen LogP contribution in [0.2, 0.25) is 0 Å².